The summed E-state index contributed by atoms with van der Waals surface area (Å²) in [5.74, 6) is 2.33. The smallest absolute Gasteiger partial charge is 0.261 e. The largest absolute Gasteiger partial charge is 0.488 e. The van der Waals surface area contributed by atoms with Crippen LogP contribution in [0.2, 0.25) is 0 Å². The van der Waals surface area contributed by atoms with Gasteiger partial charge in [0.05, 0.1) is 12.1 Å². The average Bonchev–Trinajstić information content (AvgIpc) is 3.15. The Kier molecular flexibility index (Phi) is 3.96. The molecule has 2 aliphatic rings. The molecule has 1 aromatic carbocycles. The van der Waals surface area contributed by atoms with Gasteiger partial charge in [-0.05, 0) is 31.9 Å². The van der Waals surface area contributed by atoms with Crippen molar-refractivity contribution in [2.45, 2.75) is 38.7 Å². The minimum atomic E-state index is 0.0131. The van der Waals surface area contributed by atoms with Crippen LogP contribution in [0.1, 0.15) is 31.5 Å². The molecule has 4 rings (SSSR count). The minimum absolute atomic E-state index is 0.0131. The van der Waals surface area contributed by atoms with Crippen molar-refractivity contribution in [1.82, 2.24) is 15.0 Å². The van der Waals surface area contributed by atoms with Crippen molar-refractivity contribution < 1.29 is 14.1 Å². The predicted molar refractivity (Wildman–Crippen MR) is 87.4 cm³/mol. The standard InChI is InChI=1S/C18H21N3O3/c1-12-19-17(24-20-12)15-7-2-3-8-16(15)23-14-9-10-21(11-14)18(22)13-5-4-6-13/h2-3,7-8,13-14H,4-6,9-11H2,1H3. The van der Waals surface area contributed by atoms with E-state index in [4.69, 9.17) is 9.26 Å². The molecule has 126 valence electrons. The Morgan fingerprint density at radius 2 is 2.12 bits per heavy atom. The third kappa shape index (κ3) is 2.88. The Morgan fingerprint density at radius 1 is 1.29 bits per heavy atom. The third-order valence-corrected chi connectivity index (χ3v) is 4.85. The summed E-state index contributed by atoms with van der Waals surface area (Å²) in [5, 5.41) is 3.84. The number of carbonyl (C=O) groups excluding carboxylic acids is 1. The highest BCUT2D eigenvalue weighted by Crippen LogP contribution is 2.32. The second-order valence-electron chi connectivity index (χ2n) is 6.58. The molecule has 2 fully saturated rings. The molecule has 1 unspecified atom stereocenters. The number of aryl methyl sites for hydroxylation is 1. The van der Waals surface area contributed by atoms with Crippen LogP contribution in [0.5, 0.6) is 5.75 Å². The summed E-state index contributed by atoms with van der Waals surface area (Å²) >= 11 is 0. The normalized spacial score (nSPS) is 20.9. The molecule has 1 saturated heterocycles. The molecule has 1 aliphatic heterocycles. The van der Waals surface area contributed by atoms with Gasteiger partial charge in [0.1, 0.15) is 11.9 Å². The van der Waals surface area contributed by atoms with Crippen LogP contribution in [0, 0.1) is 12.8 Å². The van der Waals surface area contributed by atoms with Gasteiger partial charge in [-0.2, -0.15) is 4.98 Å². The summed E-state index contributed by atoms with van der Waals surface area (Å²) in [5.41, 5.74) is 0.793. The van der Waals surface area contributed by atoms with E-state index in [-0.39, 0.29) is 12.0 Å². The molecule has 6 heteroatoms. The van der Waals surface area contributed by atoms with Gasteiger partial charge >= 0.3 is 0 Å². The summed E-state index contributed by atoms with van der Waals surface area (Å²) in [7, 11) is 0. The van der Waals surface area contributed by atoms with Gasteiger partial charge < -0.3 is 14.2 Å². The van der Waals surface area contributed by atoms with E-state index < -0.39 is 0 Å². The quantitative estimate of drug-likeness (QED) is 0.864. The first-order valence-electron chi connectivity index (χ1n) is 8.56. The van der Waals surface area contributed by atoms with Crippen molar-refractivity contribution >= 4 is 5.91 Å². The van der Waals surface area contributed by atoms with Crippen molar-refractivity contribution in [3.63, 3.8) is 0 Å². The molecule has 1 atom stereocenters. The van der Waals surface area contributed by atoms with Crippen LogP contribution in [-0.2, 0) is 4.79 Å². The number of likely N-dealkylation sites (tertiary alicyclic amines) is 1. The highest BCUT2D eigenvalue weighted by atomic mass is 16.5. The molecule has 1 amide bonds. The van der Waals surface area contributed by atoms with Crippen molar-refractivity contribution in [1.29, 1.82) is 0 Å². The molecule has 1 aliphatic carbocycles. The Balaban J connectivity index is 1.45. The molecule has 2 heterocycles. The summed E-state index contributed by atoms with van der Waals surface area (Å²) < 4.78 is 11.4. The fourth-order valence-corrected chi connectivity index (χ4v) is 3.27. The lowest BCUT2D eigenvalue weighted by atomic mass is 9.84. The number of hydrogen-bond donors (Lipinski definition) is 0. The number of aromatic nitrogens is 2. The highest BCUT2D eigenvalue weighted by Gasteiger charge is 2.34. The van der Waals surface area contributed by atoms with Crippen molar-refractivity contribution in [2.24, 2.45) is 5.92 Å². The van der Waals surface area contributed by atoms with Gasteiger partial charge in [-0.1, -0.05) is 23.7 Å². The van der Waals surface area contributed by atoms with Gasteiger partial charge in [0.15, 0.2) is 5.82 Å². The van der Waals surface area contributed by atoms with Crippen molar-refractivity contribution in [3.8, 4) is 17.2 Å². The van der Waals surface area contributed by atoms with Crippen LogP contribution in [0.3, 0.4) is 0 Å². The van der Waals surface area contributed by atoms with Crippen LogP contribution >= 0.6 is 0 Å². The van der Waals surface area contributed by atoms with E-state index in [2.05, 4.69) is 10.1 Å². The van der Waals surface area contributed by atoms with Crippen molar-refractivity contribution in [2.75, 3.05) is 13.1 Å². The number of benzene rings is 1. The van der Waals surface area contributed by atoms with E-state index in [1.165, 1.54) is 6.42 Å². The Bertz CT molecular complexity index is 739. The zero-order chi connectivity index (χ0) is 16.5. The lowest BCUT2D eigenvalue weighted by Gasteiger charge is -2.29. The predicted octanol–water partition coefficient (Wildman–Crippen LogP) is 2.82. The number of nitrogens with zero attached hydrogens (tertiary/aromatic N) is 3. The molecular weight excluding hydrogens is 306 g/mol. The number of para-hydroxylation sites is 1. The Labute approximate surface area is 140 Å². The minimum Gasteiger partial charge on any atom is -0.488 e. The number of rotatable bonds is 4. The number of amides is 1. The van der Waals surface area contributed by atoms with Crippen LogP contribution in [0.25, 0.3) is 11.5 Å². The van der Waals surface area contributed by atoms with Crippen LogP contribution in [-0.4, -0.2) is 40.1 Å². The molecule has 1 aromatic heterocycles. The van der Waals surface area contributed by atoms with E-state index in [0.717, 1.165) is 37.1 Å². The molecule has 1 saturated carbocycles. The number of hydrogen-bond acceptors (Lipinski definition) is 5. The van der Waals surface area contributed by atoms with Crippen LogP contribution in [0.4, 0.5) is 0 Å². The fraction of sp³-hybridized carbons (Fsp3) is 0.500. The van der Waals surface area contributed by atoms with Gasteiger partial charge in [-0.25, -0.2) is 0 Å². The summed E-state index contributed by atoms with van der Waals surface area (Å²) in [6.07, 6.45) is 4.14. The van der Waals surface area contributed by atoms with E-state index in [1.54, 1.807) is 6.92 Å². The molecule has 0 N–H and O–H groups in total. The molecule has 0 bridgehead atoms. The Morgan fingerprint density at radius 3 is 2.83 bits per heavy atom. The van der Waals surface area contributed by atoms with Gasteiger partial charge in [-0.15, -0.1) is 0 Å². The Hall–Kier alpha value is -2.37. The first kappa shape index (κ1) is 15.2. The van der Waals surface area contributed by atoms with Gasteiger partial charge in [0, 0.05) is 18.9 Å². The zero-order valence-electron chi connectivity index (χ0n) is 13.8. The SMILES string of the molecule is Cc1noc(-c2ccccc2OC2CCN(C(=O)C3CCC3)C2)n1. The molecule has 0 radical (unpaired) electrons. The lowest BCUT2D eigenvalue weighted by Crippen LogP contribution is -2.38. The maximum absolute atomic E-state index is 12.4. The molecular formula is C18H21N3O3. The monoisotopic (exact) mass is 327 g/mol. The summed E-state index contributed by atoms with van der Waals surface area (Å²) in [6.45, 7) is 3.23. The topological polar surface area (TPSA) is 68.5 Å². The van der Waals surface area contributed by atoms with E-state index in [9.17, 15) is 4.79 Å². The van der Waals surface area contributed by atoms with Gasteiger partial charge in [-0.3, -0.25) is 4.79 Å². The van der Waals surface area contributed by atoms with E-state index >= 15 is 0 Å². The van der Waals surface area contributed by atoms with Crippen molar-refractivity contribution in [3.05, 3.63) is 30.1 Å². The number of ether oxygens (including phenoxy) is 1. The average molecular weight is 327 g/mol. The van der Waals surface area contributed by atoms with Gasteiger partial charge in [0.2, 0.25) is 5.91 Å². The zero-order valence-corrected chi connectivity index (χ0v) is 13.8. The maximum atomic E-state index is 12.4. The lowest BCUT2D eigenvalue weighted by molar-refractivity contribution is -0.137. The third-order valence-electron chi connectivity index (χ3n) is 4.85. The maximum Gasteiger partial charge on any atom is 0.261 e. The number of carbonyl (C=O) groups is 1. The molecule has 6 nitrogen and oxygen atoms in total. The second kappa shape index (κ2) is 6.26. The molecule has 2 aromatic rings. The van der Waals surface area contributed by atoms with Crippen LogP contribution in [0.15, 0.2) is 28.8 Å². The van der Waals surface area contributed by atoms with E-state index in [1.807, 2.05) is 29.2 Å². The first-order valence-corrected chi connectivity index (χ1v) is 8.56. The summed E-state index contributed by atoms with van der Waals surface area (Å²) in [6, 6.07) is 7.66. The molecule has 0 spiro atoms. The first-order chi connectivity index (χ1) is 11.7. The fourth-order valence-electron chi connectivity index (χ4n) is 3.27. The molecule has 24 heavy (non-hydrogen) atoms. The summed E-state index contributed by atoms with van der Waals surface area (Å²) in [4.78, 5) is 18.6. The van der Waals surface area contributed by atoms with Crippen LogP contribution < -0.4 is 4.74 Å². The highest BCUT2D eigenvalue weighted by molar-refractivity contribution is 5.79. The second-order valence-corrected chi connectivity index (χ2v) is 6.58. The van der Waals surface area contributed by atoms with E-state index in [0.29, 0.717) is 24.2 Å². The van der Waals surface area contributed by atoms with Gasteiger partial charge in [0.25, 0.3) is 5.89 Å².